The van der Waals surface area contributed by atoms with E-state index in [0.29, 0.717) is 19.7 Å². The van der Waals surface area contributed by atoms with E-state index in [2.05, 4.69) is 15.2 Å². The van der Waals surface area contributed by atoms with E-state index >= 15 is 0 Å². The molecule has 3 rings (SSSR count). The zero-order chi connectivity index (χ0) is 15.5. The lowest BCUT2D eigenvalue weighted by atomic mass is 10.2. The number of imide groups is 1. The van der Waals surface area contributed by atoms with Crippen LogP contribution in [0, 0.1) is 0 Å². The Balaban J connectivity index is 1.57. The van der Waals surface area contributed by atoms with Gasteiger partial charge in [0, 0.05) is 32.0 Å². The average molecular weight is 304 g/mol. The van der Waals surface area contributed by atoms with E-state index in [1.807, 2.05) is 12.1 Å². The van der Waals surface area contributed by atoms with Crippen molar-refractivity contribution in [1.29, 1.82) is 0 Å². The summed E-state index contributed by atoms with van der Waals surface area (Å²) in [5, 5.41) is 2.62. The highest BCUT2D eigenvalue weighted by atomic mass is 16.5. The molecule has 2 fully saturated rings. The van der Waals surface area contributed by atoms with E-state index in [1.165, 1.54) is 10.5 Å². The molecule has 2 atom stereocenters. The molecule has 3 heterocycles. The SMILES string of the molecule is CC1NC(=O)N(CC2CN(Cc3ccncc3)CCO2)C1=O. The molecule has 1 N–H and O–H groups in total. The molecule has 7 nitrogen and oxygen atoms in total. The summed E-state index contributed by atoms with van der Waals surface area (Å²) in [5.74, 6) is -0.181. The molecule has 2 saturated heterocycles. The molecular weight excluding hydrogens is 284 g/mol. The van der Waals surface area contributed by atoms with Crippen molar-refractivity contribution in [3.8, 4) is 0 Å². The van der Waals surface area contributed by atoms with Crippen molar-refractivity contribution in [2.45, 2.75) is 25.6 Å². The van der Waals surface area contributed by atoms with Gasteiger partial charge in [-0.2, -0.15) is 0 Å². The van der Waals surface area contributed by atoms with E-state index in [4.69, 9.17) is 4.74 Å². The van der Waals surface area contributed by atoms with Crippen LogP contribution in [0.2, 0.25) is 0 Å². The predicted molar refractivity (Wildman–Crippen MR) is 79.0 cm³/mol. The summed E-state index contributed by atoms with van der Waals surface area (Å²) in [7, 11) is 0. The number of urea groups is 1. The Morgan fingerprint density at radius 3 is 2.82 bits per heavy atom. The van der Waals surface area contributed by atoms with Crippen molar-refractivity contribution in [3.05, 3.63) is 30.1 Å². The average Bonchev–Trinajstić information content (AvgIpc) is 2.75. The summed E-state index contributed by atoms with van der Waals surface area (Å²) < 4.78 is 5.71. The summed E-state index contributed by atoms with van der Waals surface area (Å²) in [6, 6.07) is 3.21. The van der Waals surface area contributed by atoms with Crippen LogP contribution in [0.1, 0.15) is 12.5 Å². The maximum absolute atomic E-state index is 11.9. The minimum Gasteiger partial charge on any atom is -0.374 e. The summed E-state index contributed by atoms with van der Waals surface area (Å²) in [6.45, 7) is 4.97. The zero-order valence-corrected chi connectivity index (χ0v) is 12.6. The summed E-state index contributed by atoms with van der Waals surface area (Å²) >= 11 is 0. The number of nitrogens with one attached hydrogen (secondary N) is 1. The smallest absolute Gasteiger partial charge is 0.324 e. The molecule has 0 aliphatic carbocycles. The standard InChI is InChI=1S/C15H20N4O3/c1-11-14(20)19(15(21)17-11)10-13-9-18(6-7-22-13)8-12-2-4-16-5-3-12/h2-5,11,13H,6-10H2,1H3,(H,17,21). The predicted octanol–water partition coefficient (Wildman–Crippen LogP) is 0.223. The first kappa shape index (κ1) is 14.9. The molecule has 118 valence electrons. The zero-order valence-electron chi connectivity index (χ0n) is 12.6. The fourth-order valence-corrected chi connectivity index (χ4v) is 2.82. The van der Waals surface area contributed by atoms with Crippen LogP contribution in [0.15, 0.2) is 24.5 Å². The number of morpholine rings is 1. The van der Waals surface area contributed by atoms with Crippen LogP contribution in [0.4, 0.5) is 4.79 Å². The number of aromatic nitrogens is 1. The number of hydrogen-bond donors (Lipinski definition) is 1. The molecule has 2 aliphatic heterocycles. The van der Waals surface area contributed by atoms with Gasteiger partial charge < -0.3 is 10.1 Å². The highest BCUT2D eigenvalue weighted by Crippen LogP contribution is 2.13. The maximum Gasteiger partial charge on any atom is 0.324 e. The van der Waals surface area contributed by atoms with Crippen LogP contribution in [-0.4, -0.2) is 65.1 Å². The normalized spacial score (nSPS) is 26.3. The van der Waals surface area contributed by atoms with Gasteiger partial charge in [-0.1, -0.05) is 0 Å². The van der Waals surface area contributed by atoms with Gasteiger partial charge >= 0.3 is 6.03 Å². The van der Waals surface area contributed by atoms with Gasteiger partial charge in [0.2, 0.25) is 0 Å². The number of carbonyl (C=O) groups is 2. The van der Waals surface area contributed by atoms with E-state index < -0.39 is 6.04 Å². The third kappa shape index (κ3) is 3.26. The lowest BCUT2D eigenvalue weighted by molar-refractivity contribution is -0.129. The summed E-state index contributed by atoms with van der Waals surface area (Å²) in [5.41, 5.74) is 1.19. The van der Waals surface area contributed by atoms with Crippen LogP contribution in [0.3, 0.4) is 0 Å². The largest absolute Gasteiger partial charge is 0.374 e. The third-order valence-corrected chi connectivity index (χ3v) is 3.99. The quantitative estimate of drug-likeness (QED) is 0.806. The van der Waals surface area contributed by atoms with Crippen LogP contribution in [0.25, 0.3) is 0 Å². The Kier molecular flexibility index (Phi) is 4.35. The van der Waals surface area contributed by atoms with Crippen molar-refractivity contribution in [2.24, 2.45) is 0 Å². The highest BCUT2D eigenvalue weighted by molar-refractivity contribution is 6.03. The number of carbonyl (C=O) groups excluding carboxylic acids is 2. The van der Waals surface area contributed by atoms with Crippen LogP contribution < -0.4 is 5.32 Å². The molecule has 7 heteroatoms. The molecule has 0 aromatic carbocycles. The minimum atomic E-state index is -0.441. The van der Waals surface area contributed by atoms with Crippen LogP contribution >= 0.6 is 0 Å². The Morgan fingerprint density at radius 2 is 2.14 bits per heavy atom. The fourth-order valence-electron chi connectivity index (χ4n) is 2.82. The van der Waals surface area contributed by atoms with Gasteiger partial charge in [-0.25, -0.2) is 4.79 Å². The van der Waals surface area contributed by atoms with E-state index in [-0.39, 0.29) is 18.0 Å². The number of rotatable bonds is 4. The van der Waals surface area contributed by atoms with Crippen molar-refractivity contribution >= 4 is 11.9 Å². The van der Waals surface area contributed by atoms with Gasteiger partial charge in [0.15, 0.2) is 0 Å². The first-order valence-electron chi connectivity index (χ1n) is 7.48. The van der Waals surface area contributed by atoms with Gasteiger partial charge in [0.05, 0.1) is 19.3 Å². The lowest BCUT2D eigenvalue weighted by Crippen LogP contribution is -2.48. The van der Waals surface area contributed by atoms with Crippen LogP contribution in [0.5, 0.6) is 0 Å². The second-order valence-electron chi connectivity index (χ2n) is 5.70. The number of ether oxygens (including phenoxy) is 1. The summed E-state index contributed by atoms with van der Waals surface area (Å²) in [6.07, 6.45) is 3.42. The summed E-state index contributed by atoms with van der Waals surface area (Å²) in [4.78, 5) is 31.2. The van der Waals surface area contributed by atoms with Crippen LogP contribution in [-0.2, 0) is 16.1 Å². The third-order valence-electron chi connectivity index (χ3n) is 3.99. The molecule has 1 aromatic heterocycles. The molecule has 3 amide bonds. The van der Waals surface area contributed by atoms with Crippen molar-refractivity contribution in [2.75, 3.05) is 26.2 Å². The maximum atomic E-state index is 11.9. The number of hydrogen-bond acceptors (Lipinski definition) is 5. The number of amides is 3. The van der Waals surface area contributed by atoms with Gasteiger partial charge in [0.25, 0.3) is 5.91 Å². The lowest BCUT2D eigenvalue weighted by Gasteiger charge is -2.34. The molecule has 2 aliphatic rings. The Bertz CT molecular complexity index is 551. The topological polar surface area (TPSA) is 74.8 Å². The molecule has 0 bridgehead atoms. The number of pyridine rings is 1. The second-order valence-corrected chi connectivity index (χ2v) is 5.70. The van der Waals surface area contributed by atoms with Crippen molar-refractivity contribution in [3.63, 3.8) is 0 Å². The first-order chi connectivity index (χ1) is 10.6. The van der Waals surface area contributed by atoms with Gasteiger partial charge in [-0.05, 0) is 24.6 Å². The van der Waals surface area contributed by atoms with E-state index in [0.717, 1.165) is 13.1 Å². The minimum absolute atomic E-state index is 0.143. The first-order valence-corrected chi connectivity index (χ1v) is 7.48. The molecule has 2 unspecified atom stereocenters. The Hall–Kier alpha value is -1.99. The molecule has 0 spiro atoms. The molecule has 22 heavy (non-hydrogen) atoms. The number of nitrogens with zero attached hydrogens (tertiary/aromatic N) is 3. The highest BCUT2D eigenvalue weighted by Gasteiger charge is 2.37. The molecule has 1 aromatic rings. The van der Waals surface area contributed by atoms with Gasteiger partial charge in [0.1, 0.15) is 6.04 Å². The second kappa shape index (κ2) is 6.41. The van der Waals surface area contributed by atoms with Crippen molar-refractivity contribution < 1.29 is 14.3 Å². The monoisotopic (exact) mass is 304 g/mol. The van der Waals surface area contributed by atoms with E-state index in [9.17, 15) is 9.59 Å². The van der Waals surface area contributed by atoms with Gasteiger partial charge in [-0.3, -0.25) is 19.6 Å². The molecule has 0 radical (unpaired) electrons. The molecule has 0 saturated carbocycles. The van der Waals surface area contributed by atoms with Gasteiger partial charge in [-0.15, -0.1) is 0 Å². The van der Waals surface area contributed by atoms with Crippen molar-refractivity contribution in [1.82, 2.24) is 20.1 Å². The fraction of sp³-hybridized carbons (Fsp3) is 0.533. The van der Waals surface area contributed by atoms with E-state index in [1.54, 1.807) is 19.3 Å². The molecular formula is C15H20N4O3. The Morgan fingerprint density at radius 1 is 1.36 bits per heavy atom. The Labute approximate surface area is 129 Å².